The van der Waals surface area contributed by atoms with E-state index in [2.05, 4.69) is 0 Å². The first-order valence-electron chi connectivity index (χ1n) is 5.32. The summed E-state index contributed by atoms with van der Waals surface area (Å²) in [6.07, 6.45) is 0. The van der Waals surface area contributed by atoms with E-state index < -0.39 is 28.8 Å². The molecule has 0 aliphatic rings. The van der Waals surface area contributed by atoms with Gasteiger partial charge in [0.15, 0.2) is 0 Å². The second-order valence-corrected chi connectivity index (χ2v) is 4.16. The van der Waals surface area contributed by atoms with Crippen LogP contribution in [0.3, 0.4) is 0 Å². The third kappa shape index (κ3) is 2.10. The van der Waals surface area contributed by atoms with Gasteiger partial charge in [0.25, 0.3) is 0 Å². The van der Waals surface area contributed by atoms with Gasteiger partial charge in [-0.3, -0.25) is 0 Å². The van der Waals surface area contributed by atoms with Crippen LogP contribution in [0.1, 0.15) is 11.1 Å². The molecule has 0 bridgehead atoms. The molecule has 0 N–H and O–H groups in total. The van der Waals surface area contributed by atoms with Gasteiger partial charge in [-0.1, -0.05) is 0 Å². The number of halogens is 4. The third-order valence-electron chi connectivity index (χ3n) is 2.76. The average molecular weight is 254 g/mol. The fourth-order valence-electron chi connectivity index (χ4n) is 1.86. The van der Waals surface area contributed by atoms with Crippen molar-refractivity contribution in [1.82, 2.24) is 0 Å². The van der Waals surface area contributed by atoms with E-state index in [0.29, 0.717) is 11.6 Å². The fourth-order valence-corrected chi connectivity index (χ4v) is 1.86. The number of aryl methyl sites for hydroxylation is 1. The minimum absolute atomic E-state index is 0.0121. The molecule has 0 saturated carbocycles. The Balaban J connectivity index is 2.77. The van der Waals surface area contributed by atoms with E-state index in [1.165, 1.54) is 13.8 Å². The maximum absolute atomic E-state index is 13.8. The zero-order chi connectivity index (χ0) is 13.4. The molecule has 0 unspecified atom stereocenters. The lowest BCUT2D eigenvalue weighted by Crippen LogP contribution is -1.97. The lowest BCUT2D eigenvalue weighted by molar-refractivity contribution is 0.573. The standard InChI is InChI=1S/C14H10F4/c1-7-3-12(17)14(13(18)4-7)10-5-9(15)6-11(16)8(10)2/h3-6H,1-2H3. The maximum Gasteiger partial charge on any atom is 0.134 e. The van der Waals surface area contributed by atoms with Gasteiger partial charge in [0.1, 0.15) is 23.3 Å². The Morgan fingerprint density at radius 1 is 0.722 bits per heavy atom. The zero-order valence-corrected chi connectivity index (χ0v) is 9.82. The minimum atomic E-state index is -0.868. The van der Waals surface area contributed by atoms with Gasteiger partial charge >= 0.3 is 0 Å². The van der Waals surface area contributed by atoms with Crippen LogP contribution in [0.2, 0.25) is 0 Å². The first kappa shape index (κ1) is 12.6. The molecule has 0 nitrogen and oxygen atoms in total. The lowest BCUT2D eigenvalue weighted by atomic mass is 9.98. The second-order valence-electron chi connectivity index (χ2n) is 4.16. The van der Waals surface area contributed by atoms with Crippen molar-refractivity contribution in [2.75, 3.05) is 0 Å². The van der Waals surface area contributed by atoms with Gasteiger partial charge in [0.05, 0.1) is 5.56 Å². The lowest BCUT2D eigenvalue weighted by Gasteiger charge is -2.10. The van der Waals surface area contributed by atoms with Gasteiger partial charge in [0.2, 0.25) is 0 Å². The Labute approximate surface area is 102 Å². The summed E-state index contributed by atoms with van der Waals surface area (Å²) in [6, 6.07) is 3.86. The van der Waals surface area contributed by atoms with Crippen molar-refractivity contribution < 1.29 is 17.6 Å². The molecule has 0 spiro atoms. The molecule has 0 aliphatic heterocycles. The molecule has 0 aliphatic carbocycles. The van der Waals surface area contributed by atoms with E-state index in [1.807, 2.05) is 0 Å². The molecular formula is C14H10F4. The monoisotopic (exact) mass is 254 g/mol. The highest BCUT2D eigenvalue weighted by Crippen LogP contribution is 2.31. The highest BCUT2D eigenvalue weighted by molar-refractivity contribution is 5.69. The van der Waals surface area contributed by atoms with Gasteiger partial charge in [-0.2, -0.15) is 0 Å². The molecule has 2 aromatic carbocycles. The summed E-state index contributed by atoms with van der Waals surface area (Å²) >= 11 is 0. The molecule has 4 heteroatoms. The first-order chi connectivity index (χ1) is 8.40. The Bertz CT molecular complexity index is 594. The van der Waals surface area contributed by atoms with Crippen LogP contribution >= 0.6 is 0 Å². The van der Waals surface area contributed by atoms with Crippen molar-refractivity contribution in [2.24, 2.45) is 0 Å². The Morgan fingerprint density at radius 2 is 1.28 bits per heavy atom. The van der Waals surface area contributed by atoms with Gasteiger partial charge in [-0.05, 0) is 48.7 Å². The van der Waals surface area contributed by atoms with Crippen LogP contribution in [0.25, 0.3) is 11.1 Å². The van der Waals surface area contributed by atoms with E-state index in [4.69, 9.17) is 0 Å². The average Bonchev–Trinajstić information content (AvgIpc) is 2.23. The molecule has 0 fully saturated rings. The Kier molecular flexibility index (Phi) is 3.11. The quantitative estimate of drug-likeness (QED) is 0.656. The van der Waals surface area contributed by atoms with Crippen molar-refractivity contribution in [3.63, 3.8) is 0 Å². The molecule has 2 rings (SSSR count). The van der Waals surface area contributed by atoms with Crippen molar-refractivity contribution in [2.45, 2.75) is 13.8 Å². The largest absolute Gasteiger partial charge is 0.207 e. The van der Waals surface area contributed by atoms with Crippen LogP contribution < -0.4 is 0 Å². The van der Waals surface area contributed by atoms with Crippen LogP contribution in [0.15, 0.2) is 24.3 Å². The van der Waals surface area contributed by atoms with Crippen molar-refractivity contribution >= 4 is 0 Å². The number of benzene rings is 2. The molecule has 0 aromatic heterocycles. The molecule has 0 heterocycles. The van der Waals surface area contributed by atoms with Crippen LogP contribution in [0.4, 0.5) is 17.6 Å². The molecule has 94 valence electrons. The summed E-state index contributed by atoms with van der Waals surface area (Å²) in [4.78, 5) is 0. The van der Waals surface area contributed by atoms with Crippen LogP contribution in [-0.4, -0.2) is 0 Å². The summed E-state index contributed by atoms with van der Waals surface area (Å²) in [6.45, 7) is 2.89. The van der Waals surface area contributed by atoms with E-state index in [9.17, 15) is 17.6 Å². The molecular weight excluding hydrogens is 244 g/mol. The predicted molar refractivity (Wildman–Crippen MR) is 61.2 cm³/mol. The molecule has 18 heavy (non-hydrogen) atoms. The normalized spacial score (nSPS) is 10.8. The van der Waals surface area contributed by atoms with E-state index in [1.54, 1.807) is 0 Å². The van der Waals surface area contributed by atoms with Crippen molar-refractivity contribution in [1.29, 1.82) is 0 Å². The topological polar surface area (TPSA) is 0 Å². The molecule has 0 radical (unpaired) electrons. The summed E-state index contributed by atoms with van der Waals surface area (Å²) in [7, 11) is 0. The van der Waals surface area contributed by atoms with Crippen LogP contribution in [0, 0.1) is 37.1 Å². The summed E-state index contributed by atoms with van der Waals surface area (Å²) in [5.74, 6) is -3.36. The van der Waals surface area contributed by atoms with Crippen molar-refractivity contribution in [3.8, 4) is 11.1 Å². The Morgan fingerprint density at radius 3 is 1.83 bits per heavy atom. The Hall–Kier alpha value is -1.84. The highest BCUT2D eigenvalue weighted by Gasteiger charge is 2.17. The maximum atomic E-state index is 13.8. The molecule has 2 aromatic rings. The van der Waals surface area contributed by atoms with E-state index in [0.717, 1.165) is 18.2 Å². The van der Waals surface area contributed by atoms with Gasteiger partial charge in [-0.15, -0.1) is 0 Å². The highest BCUT2D eigenvalue weighted by atomic mass is 19.1. The summed E-state index contributed by atoms with van der Waals surface area (Å²) in [5, 5.41) is 0. The SMILES string of the molecule is Cc1cc(F)c(-c2cc(F)cc(F)c2C)c(F)c1. The minimum Gasteiger partial charge on any atom is -0.207 e. The zero-order valence-electron chi connectivity index (χ0n) is 9.82. The summed E-state index contributed by atoms with van der Waals surface area (Å²) in [5.41, 5.74) is -0.0969. The number of hydrogen-bond acceptors (Lipinski definition) is 0. The van der Waals surface area contributed by atoms with Gasteiger partial charge in [-0.25, -0.2) is 17.6 Å². The van der Waals surface area contributed by atoms with Gasteiger partial charge < -0.3 is 0 Å². The van der Waals surface area contributed by atoms with Crippen LogP contribution in [0.5, 0.6) is 0 Å². The number of hydrogen-bond donors (Lipinski definition) is 0. The smallest absolute Gasteiger partial charge is 0.134 e. The fraction of sp³-hybridized carbons (Fsp3) is 0.143. The second kappa shape index (κ2) is 4.44. The first-order valence-corrected chi connectivity index (χ1v) is 5.32. The van der Waals surface area contributed by atoms with E-state index in [-0.39, 0.29) is 11.1 Å². The molecule has 0 amide bonds. The third-order valence-corrected chi connectivity index (χ3v) is 2.76. The summed E-state index contributed by atoms with van der Waals surface area (Å²) < 4.78 is 54.0. The molecule has 0 saturated heterocycles. The van der Waals surface area contributed by atoms with Crippen LogP contribution in [-0.2, 0) is 0 Å². The van der Waals surface area contributed by atoms with Gasteiger partial charge in [0, 0.05) is 6.07 Å². The molecule has 0 atom stereocenters. The predicted octanol–water partition coefficient (Wildman–Crippen LogP) is 4.53. The number of rotatable bonds is 1. The van der Waals surface area contributed by atoms with Crippen molar-refractivity contribution in [3.05, 3.63) is 58.7 Å². The van der Waals surface area contributed by atoms with E-state index >= 15 is 0 Å².